The summed E-state index contributed by atoms with van der Waals surface area (Å²) in [6.45, 7) is 0.715. The van der Waals surface area contributed by atoms with Crippen LogP contribution in [0.3, 0.4) is 0 Å². The zero-order valence-electron chi connectivity index (χ0n) is 14.9. The van der Waals surface area contributed by atoms with Crippen LogP contribution in [0.15, 0.2) is 60.8 Å². The number of carbonyl (C=O) groups is 1. The number of ether oxygens (including phenoxy) is 2. The minimum absolute atomic E-state index is 0.162. The minimum atomic E-state index is -0.264. The first-order valence-corrected chi connectivity index (χ1v) is 8.83. The predicted octanol–water partition coefficient (Wildman–Crippen LogP) is 3.86. The molecule has 28 heavy (non-hydrogen) atoms. The van der Waals surface area contributed by atoms with Crippen molar-refractivity contribution in [3.8, 4) is 11.5 Å². The summed E-state index contributed by atoms with van der Waals surface area (Å²) in [5.41, 5.74) is 1.70. The van der Waals surface area contributed by atoms with Gasteiger partial charge in [-0.25, -0.2) is 9.37 Å². The van der Waals surface area contributed by atoms with Crippen LogP contribution in [0.25, 0.3) is 0 Å². The van der Waals surface area contributed by atoms with E-state index in [4.69, 9.17) is 9.47 Å². The molecule has 142 valence electrons. The number of amides is 1. The van der Waals surface area contributed by atoms with Gasteiger partial charge >= 0.3 is 0 Å². The molecule has 2 heterocycles. The van der Waals surface area contributed by atoms with E-state index in [1.54, 1.807) is 48.7 Å². The number of halogens is 1. The molecule has 4 rings (SSSR count). The molecule has 0 atom stereocenters. The van der Waals surface area contributed by atoms with Crippen LogP contribution >= 0.6 is 0 Å². The van der Waals surface area contributed by atoms with Crippen molar-refractivity contribution < 1.29 is 18.7 Å². The van der Waals surface area contributed by atoms with Crippen LogP contribution in [0.1, 0.15) is 15.9 Å². The zero-order valence-corrected chi connectivity index (χ0v) is 14.9. The van der Waals surface area contributed by atoms with Crippen molar-refractivity contribution in [1.82, 2.24) is 4.98 Å². The van der Waals surface area contributed by atoms with E-state index < -0.39 is 0 Å². The van der Waals surface area contributed by atoms with Crippen LogP contribution < -0.4 is 20.1 Å². The molecule has 0 unspecified atom stereocenters. The van der Waals surface area contributed by atoms with Gasteiger partial charge in [0.05, 0.1) is 11.9 Å². The van der Waals surface area contributed by atoms with E-state index >= 15 is 0 Å². The number of fused-ring (bicyclic) bond motifs is 1. The van der Waals surface area contributed by atoms with Gasteiger partial charge in [-0.05, 0) is 48.4 Å². The average molecular weight is 379 g/mol. The summed E-state index contributed by atoms with van der Waals surface area (Å²) < 4.78 is 24.1. The van der Waals surface area contributed by atoms with Crippen molar-refractivity contribution in [3.05, 3.63) is 77.7 Å². The summed E-state index contributed by atoms with van der Waals surface area (Å²) in [5, 5.41) is 5.93. The smallest absolute Gasteiger partial charge is 0.255 e. The lowest BCUT2D eigenvalue weighted by molar-refractivity contribution is 0.102. The molecule has 1 aliphatic heterocycles. The van der Waals surface area contributed by atoms with E-state index in [1.807, 2.05) is 6.07 Å². The summed E-state index contributed by atoms with van der Waals surface area (Å²) in [6, 6.07) is 15.2. The molecular weight excluding hydrogens is 361 g/mol. The lowest BCUT2D eigenvalue weighted by Gasteiger charge is -2.09. The number of anilines is 2. The van der Waals surface area contributed by atoms with Gasteiger partial charge in [0.2, 0.25) is 6.79 Å². The molecule has 0 aliphatic carbocycles. The number of carbonyl (C=O) groups excluding carboxylic acids is 1. The number of hydrogen-bond donors (Lipinski definition) is 2. The third kappa shape index (κ3) is 4.03. The number of rotatable bonds is 6. The second-order valence-corrected chi connectivity index (χ2v) is 6.22. The summed E-state index contributed by atoms with van der Waals surface area (Å²) in [7, 11) is 0. The summed E-state index contributed by atoms with van der Waals surface area (Å²) in [4.78, 5) is 16.6. The first kappa shape index (κ1) is 17.8. The van der Waals surface area contributed by atoms with Crippen molar-refractivity contribution in [2.45, 2.75) is 6.42 Å². The SMILES string of the molecule is O=C(Nc1ccc(NCCc2ccccc2F)nc1)c1ccc2c(c1)OCO2. The number of nitrogens with one attached hydrogen (secondary N) is 2. The second-order valence-electron chi connectivity index (χ2n) is 6.22. The van der Waals surface area contributed by atoms with Gasteiger partial charge in [0, 0.05) is 12.1 Å². The van der Waals surface area contributed by atoms with Crippen LogP contribution in [-0.4, -0.2) is 24.2 Å². The van der Waals surface area contributed by atoms with Gasteiger partial charge in [-0.3, -0.25) is 4.79 Å². The highest BCUT2D eigenvalue weighted by molar-refractivity contribution is 6.04. The molecule has 0 saturated carbocycles. The number of benzene rings is 2. The Morgan fingerprint density at radius 1 is 1.07 bits per heavy atom. The molecule has 0 saturated heterocycles. The Balaban J connectivity index is 1.32. The Morgan fingerprint density at radius 3 is 2.75 bits per heavy atom. The number of pyridine rings is 1. The Labute approximate surface area is 161 Å². The fourth-order valence-electron chi connectivity index (χ4n) is 2.84. The van der Waals surface area contributed by atoms with E-state index in [1.165, 1.54) is 6.07 Å². The molecule has 2 N–H and O–H groups in total. The molecule has 1 aromatic heterocycles. The molecule has 3 aromatic rings. The second kappa shape index (κ2) is 7.96. The third-order valence-corrected chi connectivity index (χ3v) is 4.31. The van der Waals surface area contributed by atoms with E-state index in [0.717, 1.165) is 0 Å². The molecule has 0 radical (unpaired) electrons. The number of hydrogen-bond acceptors (Lipinski definition) is 5. The first-order chi connectivity index (χ1) is 13.7. The summed E-state index contributed by atoms with van der Waals surface area (Å²) in [5.74, 6) is 1.36. The Bertz CT molecular complexity index is 992. The normalized spacial score (nSPS) is 11.9. The van der Waals surface area contributed by atoms with E-state index in [2.05, 4.69) is 15.6 Å². The van der Waals surface area contributed by atoms with Gasteiger partial charge in [0.15, 0.2) is 11.5 Å². The van der Waals surface area contributed by atoms with Crippen molar-refractivity contribution in [2.24, 2.45) is 0 Å². The zero-order chi connectivity index (χ0) is 19.3. The van der Waals surface area contributed by atoms with Crippen LogP contribution in [-0.2, 0) is 6.42 Å². The molecule has 0 fully saturated rings. The molecule has 1 amide bonds. The molecule has 2 aromatic carbocycles. The lowest BCUT2D eigenvalue weighted by atomic mass is 10.1. The van der Waals surface area contributed by atoms with Gasteiger partial charge in [-0.15, -0.1) is 0 Å². The quantitative estimate of drug-likeness (QED) is 0.681. The number of aromatic nitrogens is 1. The van der Waals surface area contributed by atoms with Gasteiger partial charge in [-0.1, -0.05) is 18.2 Å². The van der Waals surface area contributed by atoms with Gasteiger partial charge in [0.1, 0.15) is 11.6 Å². The van der Waals surface area contributed by atoms with E-state index in [9.17, 15) is 9.18 Å². The van der Waals surface area contributed by atoms with Gasteiger partial charge < -0.3 is 20.1 Å². The van der Waals surface area contributed by atoms with Gasteiger partial charge in [0.25, 0.3) is 5.91 Å². The van der Waals surface area contributed by atoms with E-state index in [0.29, 0.717) is 47.1 Å². The molecule has 0 spiro atoms. The molecule has 7 heteroatoms. The molecule has 0 bridgehead atoms. The Morgan fingerprint density at radius 2 is 1.93 bits per heavy atom. The standard InChI is InChI=1S/C21H18FN3O3/c22-17-4-2-1-3-14(17)9-10-23-20-8-6-16(12-24-20)25-21(26)15-5-7-18-19(11-15)28-13-27-18/h1-8,11-12H,9-10,13H2,(H,23,24)(H,25,26). The monoisotopic (exact) mass is 379 g/mol. The summed E-state index contributed by atoms with van der Waals surface area (Å²) >= 11 is 0. The van der Waals surface area contributed by atoms with Crippen LogP contribution in [0.5, 0.6) is 11.5 Å². The van der Waals surface area contributed by atoms with Crippen LogP contribution in [0, 0.1) is 5.82 Å². The van der Waals surface area contributed by atoms with Crippen molar-refractivity contribution in [2.75, 3.05) is 24.0 Å². The predicted molar refractivity (Wildman–Crippen MR) is 103 cm³/mol. The average Bonchev–Trinajstić information content (AvgIpc) is 3.18. The molecule has 6 nitrogen and oxygen atoms in total. The maximum atomic E-state index is 13.6. The maximum Gasteiger partial charge on any atom is 0.255 e. The van der Waals surface area contributed by atoms with Crippen molar-refractivity contribution in [1.29, 1.82) is 0 Å². The minimum Gasteiger partial charge on any atom is -0.454 e. The Hall–Kier alpha value is -3.61. The number of nitrogens with zero attached hydrogens (tertiary/aromatic N) is 1. The molecular formula is C21H18FN3O3. The van der Waals surface area contributed by atoms with Crippen LogP contribution in [0.4, 0.5) is 15.9 Å². The highest BCUT2D eigenvalue weighted by Gasteiger charge is 2.16. The largest absolute Gasteiger partial charge is 0.454 e. The summed E-state index contributed by atoms with van der Waals surface area (Å²) in [6.07, 6.45) is 2.12. The van der Waals surface area contributed by atoms with Crippen molar-refractivity contribution >= 4 is 17.4 Å². The van der Waals surface area contributed by atoms with E-state index in [-0.39, 0.29) is 18.5 Å². The third-order valence-electron chi connectivity index (χ3n) is 4.31. The fraction of sp³-hybridized carbons (Fsp3) is 0.143. The fourth-order valence-corrected chi connectivity index (χ4v) is 2.84. The highest BCUT2D eigenvalue weighted by atomic mass is 19.1. The van der Waals surface area contributed by atoms with Crippen molar-refractivity contribution in [3.63, 3.8) is 0 Å². The maximum absolute atomic E-state index is 13.6. The lowest BCUT2D eigenvalue weighted by Crippen LogP contribution is -2.12. The Kier molecular flexibility index (Phi) is 5.05. The highest BCUT2D eigenvalue weighted by Crippen LogP contribution is 2.32. The van der Waals surface area contributed by atoms with Crippen LogP contribution in [0.2, 0.25) is 0 Å². The molecule has 1 aliphatic rings. The van der Waals surface area contributed by atoms with Gasteiger partial charge in [-0.2, -0.15) is 0 Å². The topological polar surface area (TPSA) is 72.5 Å². The first-order valence-electron chi connectivity index (χ1n) is 8.83.